The van der Waals surface area contributed by atoms with E-state index in [1.54, 1.807) is 0 Å². The van der Waals surface area contributed by atoms with Gasteiger partial charge in [-0.3, -0.25) is 4.79 Å². The van der Waals surface area contributed by atoms with Gasteiger partial charge in [-0.1, -0.05) is 45.4 Å². The third-order valence-electron chi connectivity index (χ3n) is 4.61. The molecule has 0 aliphatic heterocycles. The van der Waals surface area contributed by atoms with Gasteiger partial charge in [-0.2, -0.15) is 0 Å². The molecule has 0 spiro atoms. The Labute approximate surface area is 141 Å². The summed E-state index contributed by atoms with van der Waals surface area (Å²) >= 11 is 0. The molecule has 132 valence electrons. The van der Waals surface area contributed by atoms with Crippen LogP contribution in [0.4, 0.5) is 0 Å². The molecule has 3 nitrogen and oxygen atoms in total. The Bertz CT molecular complexity index is 514. The summed E-state index contributed by atoms with van der Waals surface area (Å²) in [6, 6.07) is 0. The van der Waals surface area contributed by atoms with Crippen LogP contribution in [0.15, 0.2) is 9.21 Å². The van der Waals surface area contributed by atoms with Crippen LogP contribution < -0.4 is 5.43 Å². The van der Waals surface area contributed by atoms with Crippen molar-refractivity contribution >= 4 is 0 Å². The third-order valence-corrected chi connectivity index (χ3v) is 4.61. The molecule has 23 heavy (non-hydrogen) atoms. The number of aliphatic hydroxyl groups excluding tert-OH is 1. The number of aliphatic hydroxyl groups is 1. The second-order valence-electron chi connectivity index (χ2n) is 6.73. The van der Waals surface area contributed by atoms with E-state index in [1.165, 1.54) is 32.1 Å². The number of hydrogen-bond donors (Lipinski definition) is 1. The van der Waals surface area contributed by atoms with Crippen molar-refractivity contribution in [3.05, 3.63) is 32.9 Å². The molecule has 1 unspecified atom stereocenters. The molecule has 1 aromatic heterocycles. The molecule has 0 amide bonds. The zero-order valence-electron chi connectivity index (χ0n) is 15.4. The Balaban J connectivity index is 2.25. The summed E-state index contributed by atoms with van der Waals surface area (Å²) in [6.45, 7) is 7.65. The molecule has 0 aromatic carbocycles. The molecular formula is C20H34O3. The van der Waals surface area contributed by atoms with Crippen molar-refractivity contribution in [1.29, 1.82) is 0 Å². The molecule has 0 radical (unpaired) electrons. The summed E-state index contributed by atoms with van der Waals surface area (Å²) in [5.41, 5.74) is 1.79. The van der Waals surface area contributed by atoms with Crippen molar-refractivity contribution in [2.75, 3.05) is 0 Å². The molecule has 0 aliphatic carbocycles. The van der Waals surface area contributed by atoms with Gasteiger partial charge in [0.25, 0.3) is 0 Å². The second-order valence-corrected chi connectivity index (χ2v) is 6.73. The number of aryl methyl sites for hydroxylation is 2. The van der Waals surface area contributed by atoms with E-state index in [4.69, 9.17) is 4.42 Å². The average Bonchev–Trinajstić information content (AvgIpc) is 2.50. The Kier molecular flexibility index (Phi) is 9.23. The molecule has 0 fully saturated rings. The molecule has 0 bridgehead atoms. The smallest absolute Gasteiger partial charge is 0.191 e. The van der Waals surface area contributed by atoms with Crippen LogP contribution in [0.5, 0.6) is 0 Å². The normalized spacial score (nSPS) is 12.6. The fourth-order valence-electron chi connectivity index (χ4n) is 3.09. The van der Waals surface area contributed by atoms with E-state index in [0.29, 0.717) is 0 Å². The van der Waals surface area contributed by atoms with Crippen molar-refractivity contribution in [2.45, 2.75) is 98.0 Å². The van der Waals surface area contributed by atoms with Gasteiger partial charge in [0.1, 0.15) is 11.5 Å². The minimum atomic E-state index is -0.157. The van der Waals surface area contributed by atoms with Gasteiger partial charge in [0, 0.05) is 17.5 Å². The van der Waals surface area contributed by atoms with Crippen LogP contribution in [0, 0.1) is 13.8 Å². The van der Waals surface area contributed by atoms with Gasteiger partial charge in [-0.15, -0.1) is 0 Å². The summed E-state index contributed by atoms with van der Waals surface area (Å²) in [5.74, 6) is 1.66. The van der Waals surface area contributed by atoms with E-state index in [-0.39, 0.29) is 11.5 Å². The van der Waals surface area contributed by atoms with Crippen molar-refractivity contribution in [3.8, 4) is 0 Å². The molecule has 1 rings (SSSR count). The zero-order chi connectivity index (χ0) is 17.2. The van der Waals surface area contributed by atoms with E-state index in [0.717, 1.165) is 54.8 Å². The Hall–Kier alpha value is -1.09. The standard InChI is InChI=1S/C20H34O3/c1-5-18-17(4)23-19(16(3)20(18)22)14-12-10-8-6-7-9-11-13-15(2)21/h15,21H,5-14H2,1-4H3. The van der Waals surface area contributed by atoms with E-state index in [2.05, 4.69) is 0 Å². The minimum absolute atomic E-state index is 0.157. The van der Waals surface area contributed by atoms with Gasteiger partial charge in [0.15, 0.2) is 5.43 Å². The molecule has 1 heterocycles. The van der Waals surface area contributed by atoms with Gasteiger partial charge >= 0.3 is 0 Å². The molecule has 3 heteroatoms. The van der Waals surface area contributed by atoms with Crippen LogP contribution in [0.1, 0.15) is 87.9 Å². The topological polar surface area (TPSA) is 50.4 Å². The van der Waals surface area contributed by atoms with Crippen LogP contribution in [0.2, 0.25) is 0 Å². The highest BCUT2D eigenvalue weighted by molar-refractivity contribution is 5.26. The SMILES string of the molecule is CCc1c(C)oc(CCCCCCCCCC(C)O)c(C)c1=O. The molecule has 0 aliphatic rings. The molecule has 1 aromatic rings. The first-order valence-electron chi connectivity index (χ1n) is 9.27. The highest BCUT2D eigenvalue weighted by Gasteiger charge is 2.12. The van der Waals surface area contributed by atoms with Crippen LogP contribution in [0.25, 0.3) is 0 Å². The van der Waals surface area contributed by atoms with Gasteiger partial charge in [0.05, 0.1) is 6.10 Å². The maximum Gasteiger partial charge on any atom is 0.191 e. The summed E-state index contributed by atoms with van der Waals surface area (Å²) in [4.78, 5) is 12.2. The molecule has 1 N–H and O–H groups in total. The quantitative estimate of drug-likeness (QED) is 0.592. The van der Waals surface area contributed by atoms with Crippen LogP contribution >= 0.6 is 0 Å². The van der Waals surface area contributed by atoms with E-state index >= 15 is 0 Å². The average molecular weight is 322 g/mol. The largest absolute Gasteiger partial charge is 0.466 e. The Morgan fingerprint density at radius 2 is 1.57 bits per heavy atom. The lowest BCUT2D eigenvalue weighted by atomic mass is 10.0. The van der Waals surface area contributed by atoms with Gasteiger partial charge in [0.2, 0.25) is 0 Å². The lowest BCUT2D eigenvalue weighted by molar-refractivity contribution is 0.180. The fourth-order valence-corrected chi connectivity index (χ4v) is 3.09. The predicted molar refractivity (Wildman–Crippen MR) is 96.2 cm³/mol. The first-order chi connectivity index (χ1) is 11.0. The van der Waals surface area contributed by atoms with Crippen molar-refractivity contribution < 1.29 is 9.52 Å². The maximum atomic E-state index is 12.2. The van der Waals surface area contributed by atoms with E-state index in [9.17, 15) is 9.90 Å². The summed E-state index contributed by atoms with van der Waals surface area (Å²) in [7, 11) is 0. The van der Waals surface area contributed by atoms with Crippen LogP contribution in [-0.2, 0) is 12.8 Å². The molecular weight excluding hydrogens is 288 g/mol. The number of hydrogen-bond acceptors (Lipinski definition) is 3. The lowest BCUT2D eigenvalue weighted by Gasteiger charge is -2.09. The number of unbranched alkanes of at least 4 members (excludes halogenated alkanes) is 6. The molecule has 1 atom stereocenters. The maximum absolute atomic E-state index is 12.2. The highest BCUT2D eigenvalue weighted by atomic mass is 16.3. The second kappa shape index (κ2) is 10.6. The van der Waals surface area contributed by atoms with Gasteiger partial charge in [-0.05, 0) is 40.0 Å². The predicted octanol–water partition coefficient (Wildman–Crippen LogP) is 4.86. The highest BCUT2D eigenvalue weighted by Crippen LogP contribution is 2.16. The fraction of sp³-hybridized carbons (Fsp3) is 0.750. The zero-order valence-corrected chi connectivity index (χ0v) is 15.4. The van der Waals surface area contributed by atoms with Crippen LogP contribution in [-0.4, -0.2) is 11.2 Å². The Morgan fingerprint density at radius 1 is 1.00 bits per heavy atom. The molecule has 0 saturated heterocycles. The summed E-state index contributed by atoms with van der Waals surface area (Å²) in [5, 5.41) is 9.20. The van der Waals surface area contributed by atoms with Gasteiger partial charge in [-0.25, -0.2) is 0 Å². The van der Waals surface area contributed by atoms with Crippen LogP contribution in [0.3, 0.4) is 0 Å². The third kappa shape index (κ3) is 6.90. The number of rotatable bonds is 11. The monoisotopic (exact) mass is 322 g/mol. The van der Waals surface area contributed by atoms with Crippen molar-refractivity contribution in [3.63, 3.8) is 0 Å². The summed E-state index contributed by atoms with van der Waals surface area (Å²) in [6.07, 6.45) is 10.8. The first-order valence-corrected chi connectivity index (χ1v) is 9.27. The van der Waals surface area contributed by atoms with E-state index < -0.39 is 0 Å². The summed E-state index contributed by atoms with van der Waals surface area (Å²) < 4.78 is 5.87. The molecule has 0 saturated carbocycles. The first kappa shape index (κ1) is 20.0. The Morgan fingerprint density at radius 3 is 2.13 bits per heavy atom. The van der Waals surface area contributed by atoms with Crippen molar-refractivity contribution in [1.82, 2.24) is 0 Å². The minimum Gasteiger partial charge on any atom is -0.466 e. The van der Waals surface area contributed by atoms with Gasteiger partial charge < -0.3 is 9.52 Å². The van der Waals surface area contributed by atoms with E-state index in [1.807, 2.05) is 27.7 Å². The van der Waals surface area contributed by atoms with Crippen molar-refractivity contribution in [2.24, 2.45) is 0 Å². The lowest BCUT2D eigenvalue weighted by Crippen LogP contribution is -2.15.